The van der Waals surface area contributed by atoms with Gasteiger partial charge in [-0.05, 0) is 31.1 Å². The van der Waals surface area contributed by atoms with Gasteiger partial charge in [-0.3, -0.25) is 9.59 Å². The van der Waals surface area contributed by atoms with E-state index in [1.54, 1.807) is 11.9 Å². The summed E-state index contributed by atoms with van der Waals surface area (Å²) in [6.07, 6.45) is 8.65. The Hall–Kier alpha value is -1.10. The van der Waals surface area contributed by atoms with E-state index in [2.05, 4.69) is 5.32 Å². The van der Waals surface area contributed by atoms with E-state index in [4.69, 9.17) is 0 Å². The van der Waals surface area contributed by atoms with Crippen molar-refractivity contribution < 1.29 is 9.59 Å². The lowest BCUT2D eigenvalue weighted by Crippen LogP contribution is -2.50. The maximum absolute atomic E-state index is 12.7. The highest BCUT2D eigenvalue weighted by atomic mass is 16.2. The van der Waals surface area contributed by atoms with Crippen molar-refractivity contribution >= 4 is 11.8 Å². The average Bonchev–Trinajstić information content (AvgIpc) is 2.61. The highest BCUT2D eigenvalue weighted by molar-refractivity contribution is 5.85. The Labute approximate surface area is 139 Å². The molecule has 1 aliphatic heterocycles. The van der Waals surface area contributed by atoms with Crippen LogP contribution in [0.4, 0.5) is 0 Å². The number of nitrogens with zero attached hydrogens (tertiary/aromatic N) is 2. The minimum absolute atomic E-state index is 0.0914. The Morgan fingerprint density at radius 2 is 1.74 bits per heavy atom. The molecular formula is C18H31N3O2. The number of hydrogen-bond donors (Lipinski definition) is 1. The fourth-order valence-corrected chi connectivity index (χ4v) is 4.70. The van der Waals surface area contributed by atoms with Gasteiger partial charge in [-0.2, -0.15) is 0 Å². The van der Waals surface area contributed by atoms with Crippen LogP contribution in [0.15, 0.2) is 0 Å². The fraction of sp³-hybridized carbons (Fsp3) is 0.889. The Morgan fingerprint density at radius 3 is 2.48 bits per heavy atom. The molecule has 5 heteroatoms. The van der Waals surface area contributed by atoms with Crippen molar-refractivity contribution in [3.05, 3.63) is 0 Å². The zero-order valence-corrected chi connectivity index (χ0v) is 14.4. The summed E-state index contributed by atoms with van der Waals surface area (Å²) in [6.45, 7) is 3.47. The van der Waals surface area contributed by atoms with Gasteiger partial charge in [-0.15, -0.1) is 0 Å². The smallest absolute Gasteiger partial charge is 0.242 e. The Bertz CT molecular complexity index is 434. The van der Waals surface area contributed by atoms with Crippen LogP contribution < -0.4 is 5.32 Å². The molecule has 0 aromatic carbocycles. The van der Waals surface area contributed by atoms with Crippen molar-refractivity contribution in [2.45, 2.75) is 44.9 Å². The maximum Gasteiger partial charge on any atom is 0.242 e. The molecule has 3 fully saturated rings. The third-order valence-corrected chi connectivity index (χ3v) is 6.11. The van der Waals surface area contributed by atoms with Gasteiger partial charge in [0.25, 0.3) is 0 Å². The first-order valence-corrected chi connectivity index (χ1v) is 9.38. The number of rotatable bonds is 3. The summed E-state index contributed by atoms with van der Waals surface area (Å²) in [6, 6.07) is 0. The van der Waals surface area contributed by atoms with Crippen molar-refractivity contribution in [3.63, 3.8) is 0 Å². The number of fused-ring (bicyclic) bond motifs is 1. The first-order valence-electron chi connectivity index (χ1n) is 9.38. The van der Waals surface area contributed by atoms with Crippen LogP contribution >= 0.6 is 0 Å². The predicted molar refractivity (Wildman–Crippen MR) is 89.9 cm³/mol. The summed E-state index contributed by atoms with van der Waals surface area (Å²) in [5.41, 5.74) is 0. The third kappa shape index (κ3) is 4.06. The van der Waals surface area contributed by atoms with Crippen molar-refractivity contribution in [1.82, 2.24) is 15.1 Å². The summed E-state index contributed by atoms with van der Waals surface area (Å²) >= 11 is 0. The molecule has 23 heavy (non-hydrogen) atoms. The molecule has 0 aromatic heterocycles. The van der Waals surface area contributed by atoms with Crippen molar-refractivity contribution in [3.8, 4) is 0 Å². The highest BCUT2D eigenvalue weighted by Crippen LogP contribution is 2.43. The number of likely N-dealkylation sites (N-methyl/N-ethyl adjacent to an activating group) is 1. The number of carbonyl (C=O) groups is 2. The molecule has 2 aliphatic carbocycles. The van der Waals surface area contributed by atoms with Crippen LogP contribution in [0.5, 0.6) is 0 Å². The molecule has 0 bridgehead atoms. The molecule has 2 amide bonds. The monoisotopic (exact) mass is 321 g/mol. The number of piperazine rings is 1. The molecule has 3 aliphatic rings. The van der Waals surface area contributed by atoms with Crippen LogP contribution in [0, 0.1) is 17.8 Å². The van der Waals surface area contributed by atoms with E-state index in [-0.39, 0.29) is 24.3 Å². The van der Waals surface area contributed by atoms with Gasteiger partial charge in [0.2, 0.25) is 11.8 Å². The molecule has 1 N–H and O–H groups in total. The number of amides is 2. The summed E-state index contributed by atoms with van der Waals surface area (Å²) < 4.78 is 0. The summed E-state index contributed by atoms with van der Waals surface area (Å²) in [5, 5.41) is 3.25. The van der Waals surface area contributed by atoms with E-state index < -0.39 is 0 Å². The number of hydrogen-bond acceptors (Lipinski definition) is 3. The van der Waals surface area contributed by atoms with Crippen LogP contribution in [0.1, 0.15) is 44.9 Å². The molecule has 2 saturated carbocycles. The van der Waals surface area contributed by atoms with Gasteiger partial charge in [0.1, 0.15) is 0 Å². The largest absolute Gasteiger partial charge is 0.339 e. The normalized spacial score (nSPS) is 31.3. The van der Waals surface area contributed by atoms with Crippen LogP contribution in [0.2, 0.25) is 0 Å². The van der Waals surface area contributed by atoms with E-state index in [0.29, 0.717) is 0 Å². The molecule has 3 unspecified atom stereocenters. The lowest BCUT2D eigenvalue weighted by Gasteiger charge is -2.39. The second-order valence-corrected chi connectivity index (χ2v) is 7.64. The van der Waals surface area contributed by atoms with Gasteiger partial charge in [0.05, 0.1) is 6.54 Å². The SMILES string of the molecule is CN(CC(=O)N1CCNCC1)C(=O)C1CCC2CCCCC2C1. The second kappa shape index (κ2) is 7.65. The van der Waals surface area contributed by atoms with E-state index in [9.17, 15) is 9.59 Å². The molecule has 0 aromatic rings. The second-order valence-electron chi connectivity index (χ2n) is 7.64. The van der Waals surface area contributed by atoms with Gasteiger partial charge < -0.3 is 15.1 Å². The quantitative estimate of drug-likeness (QED) is 0.857. The zero-order valence-electron chi connectivity index (χ0n) is 14.4. The fourth-order valence-electron chi connectivity index (χ4n) is 4.70. The Morgan fingerprint density at radius 1 is 1.04 bits per heavy atom. The Kier molecular flexibility index (Phi) is 5.57. The van der Waals surface area contributed by atoms with E-state index >= 15 is 0 Å². The summed E-state index contributed by atoms with van der Waals surface area (Å²) in [5.74, 6) is 2.05. The standard InChI is InChI=1S/C18H31N3O2/c1-20(13-17(22)21-10-8-19-9-11-21)18(23)16-7-6-14-4-2-3-5-15(14)12-16/h14-16,19H,2-13H2,1H3. The van der Waals surface area contributed by atoms with Gasteiger partial charge in [0, 0.05) is 39.1 Å². The van der Waals surface area contributed by atoms with Gasteiger partial charge in [0.15, 0.2) is 0 Å². The number of nitrogens with one attached hydrogen (secondary N) is 1. The van der Waals surface area contributed by atoms with E-state index in [0.717, 1.165) is 50.9 Å². The third-order valence-electron chi connectivity index (χ3n) is 6.11. The minimum Gasteiger partial charge on any atom is -0.339 e. The van der Waals surface area contributed by atoms with Crippen LogP contribution in [0.3, 0.4) is 0 Å². The zero-order chi connectivity index (χ0) is 16.2. The molecule has 130 valence electrons. The summed E-state index contributed by atoms with van der Waals surface area (Å²) in [7, 11) is 1.80. The van der Waals surface area contributed by atoms with Crippen LogP contribution in [-0.4, -0.2) is 61.4 Å². The Balaban J connectivity index is 1.49. The minimum atomic E-state index is 0.0914. The van der Waals surface area contributed by atoms with Crippen LogP contribution in [-0.2, 0) is 9.59 Å². The van der Waals surface area contributed by atoms with Crippen molar-refractivity contribution in [1.29, 1.82) is 0 Å². The highest BCUT2D eigenvalue weighted by Gasteiger charge is 2.36. The molecule has 1 heterocycles. The topological polar surface area (TPSA) is 52.7 Å². The predicted octanol–water partition coefficient (Wildman–Crippen LogP) is 1.48. The molecule has 0 radical (unpaired) electrons. The summed E-state index contributed by atoms with van der Waals surface area (Å²) in [4.78, 5) is 28.6. The lowest BCUT2D eigenvalue weighted by atomic mass is 9.67. The molecular weight excluding hydrogens is 290 g/mol. The molecule has 0 spiro atoms. The van der Waals surface area contributed by atoms with Crippen LogP contribution in [0.25, 0.3) is 0 Å². The molecule has 5 nitrogen and oxygen atoms in total. The average molecular weight is 321 g/mol. The first-order chi connectivity index (χ1) is 11.1. The molecule has 3 rings (SSSR count). The number of carbonyl (C=O) groups excluding carboxylic acids is 2. The maximum atomic E-state index is 12.7. The van der Waals surface area contributed by atoms with Gasteiger partial charge >= 0.3 is 0 Å². The van der Waals surface area contributed by atoms with Gasteiger partial charge in [-0.25, -0.2) is 0 Å². The molecule has 1 saturated heterocycles. The first kappa shape index (κ1) is 16.7. The lowest BCUT2D eigenvalue weighted by molar-refractivity contribution is -0.143. The van der Waals surface area contributed by atoms with E-state index in [1.165, 1.54) is 32.1 Å². The van der Waals surface area contributed by atoms with Gasteiger partial charge in [-0.1, -0.05) is 25.7 Å². The molecule has 3 atom stereocenters. The van der Waals surface area contributed by atoms with E-state index in [1.807, 2.05) is 4.90 Å². The van der Waals surface area contributed by atoms with Crippen molar-refractivity contribution in [2.75, 3.05) is 39.8 Å². The van der Waals surface area contributed by atoms with Crippen molar-refractivity contribution in [2.24, 2.45) is 17.8 Å².